The number of fused-ring (bicyclic) bond motifs is 3. The summed E-state index contributed by atoms with van der Waals surface area (Å²) in [6.45, 7) is 0.282. The van der Waals surface area contributed by atoms with Crippen LogP contribution in [0.15, 0.2) is 64.4 Å². The molecule has 5 rings (SSSR count). The van der Waals surface area contributed by atoms with Crippen LogP contribution in [-0.4, -0.2) is 73.1 Å². The van der Waals surface area contributed by atoms with Crippen LogP contribution in [0.1, 0.15) is 12.8 Å². The van der Waals surface area contributed by atoms with E-state index in [2.05, 4.69) is 0 Å². The highest BCUT2D eigenvalue weighted by Gasteiger charge is 2.58. The minimum absolute atomic E-state index is 0.142. The summed E-state index contributed by atoms with van der Waals surface area (Å²) in [4.78, 5) is 41.2. The van der Waals surface area contributed by atoms with E-state index in [-0.39, 0.29) is 43.4 Å². The van der Waals surface area contributed by atoms with Crippen molar-refractivity contribution in [2.45, 2.75) is 27.5 Å². The maximum absolute atomic E-state index is 13.1. The number of ether oxygens (including phenoxy) is 1. The van der Waals surface area contributed by atoms with Crippen LogP contribution in [0.3, 0.4) is 0 Å². The van der Waals surface area contributed by atoms with Crippen LogP contribution in [-0.2, 0) is 29.1 Å². The first-order valence-corrected chi connectivity index (χ1v) is 13.2. The van der Waals surface area contributed by atoms with Gasteiger partial charge in [-0.1, -0.05) is 42.1 Å². The molecule has 0 saturated carbocycles. The molecule has 34 heavy (non-hydrogen) atoms. The molecule has 2 aromatic carbocycles. The van der Waals surface area contributed by atoms with Gasteiger partial charge in [0.2, 0.25) is 15.9 Å². The molecule has 9 nitrogen and oxygen atoms in total. The van der Waals surface area contributed by atoms with Gasteiger partial charge in [-0.05, 0) is 24.3 Å². The summed E-state index contributed by atoms with van der Waals surface area (Å²) in [6, 6.07) is 15.5. The number of piperazine rings is 1. The molecule has 0 aromatic heterocycles. The Balaban J connectivity index is 1.19. The quantitative estimate of drug-likeness (QED) is 0.575. The number of carbonyl (C=O) groups excluding carboxylic acids is 3. The fourth-order valence-corrected chi connectivity index (χ4v) is 7.38. The number of thioether (sulfide) groups is 1. The molecule has 0 N–H and O–H groups in total. The van der Waals surface area contributed by atoms with Gasteiger partial charge in [0.25, 0.3) is 5.91 Å². The molecule has 2 saturated heterocycles. The Morgan fingerprint density at radius 1 is 0.971 bits per heavy atom. The monoisotopic (exact) mass is 501 g/mol. The van der Waals surface area contributed by atoms with Gasteiger partial charge in [-0.25, -0.2) is 13.2 Å². The van der Waals surface area contributed by atoms with Crippen molar-refractivity contribution in [1.82, 2.24) is 9.21 Å². The lowest BCUT2D eigenvalue weighted by Crippen LogP contribution is -2.52. The fourth-order valence-electron chi connectivity index (χ4n) is 4.52. The molecule has 3 aliphatic heterocycles. The first-order valence-electron chi connectivity index (χ1n) is 10.9. The Morgan fingerprint density at radius 3 is 2.38 bits per heavy atom. The van der Waals surface area contributed by atoms with Crippen LogP contribution in [0.2, 0.25) is 0 Å². The lowest BCUT2D eigenvalue weighted by Gasteiger charge is -2.34. The first kappa shape index (κ1) is 22.9. The molecule has 2 amide bonds. The van der Waals surface area contributed by atoms with Gasteiger partial charge in [0.15, 0.2) is 11.5 Å². The smallest absolute Gasteiger partial charge is 0.344 e. The third kappa shape index (κ3) is 3.77. The topological polar surface area (TPSA) is 104 Å². The average molecular weight is 502 g/mol. The largest absolute Gasteiger partial charge is 0.453 e. The van der Waals surface area contributed by atoms with Crippen molar-refractivity contribution in [3.05, 3.63) is 54.6 Å². The second-order valence-corrected chi connectivity index (χ2v) is 11.5. The van der Waals surface area contributed by atoms with Crippen molar-refractivity contribution in [3.63, 3.8) is 0 Å². The van der Waals surface area contributed by atoms with Gasteiger partial charge in [0, 0.05) is 43.9 Å². The third-order valence-electron chi connectivity index (χ3n) is 6.29. The van der Waals surface area contributed by atoms with Crippen molar-refractivity contribution >= 4 is 45.3 Å². The first-order chi connectivity index (χ1) is 16.3. The van der Waals surface area contributed by atoms with E-state index in [0.29, 0.717) is 12.1 Å². The molecule has 178 valence electrons. The van der Waals surface area contributed by atoms with Gasteiger partial charge in [-0.3, -0.25) is 14.5 Å². The van der Waals surface area contributed by atoms with Gasteiger partial charge in [0.1, 0.15) is 0 Å². The number of sulfonamides is 1. The number of rotatable bonds is 5. The van der Waals surface area contributed by atoms with Gasteiger partial charge < -0.3 is 9.64 Å². The fraction of sp³-hybridized carbons (Fsp3) is 0.348. The molecule has 3 heterocycles. The molecule has 0 spiro atoms. The van der Waals surface area contributed by atoms with E-state index in [1.807, 2.05) is 18.2 Å². The molecule has 1 atom stereocenters. The van der Waals surface area contributed by atoms with Crippen LogP contribution >= 0.6 is 11.8 Å². The van der Waals surface area contributed by atoms with Crippen LogP contribution in [0.4, 0.5) is 5.69 Å². The normalized spacial score (nSPS) is 22.4. The lowest BCUT2D eigenvalue weighted by atomic mass is 10.2. The minimum atomic E-state index is -3.62. The molecule has 0 bridgehead atoms. The summed E-state index contributed by atoms with van der Waals surface area (Å²) >= 11 is 1.29. The average Bonchev–Trinajstić information content (AvgIpc) is 3.38. The van der Waals surface area contributed by atoms with Crippen molar-refractivity contribution in [1.29, 1.82) is 0 Å². The maximum Gasteiger partial charge on any atom is 0.344 e. The molecule has 11 heteroatoms. The van der Waals surface area contributed by atoms with E-state index < -0.39 is 33.4 Å². The zero-order valence-electron chi connectivity index (χ0n) is 18.3. The Kier molecular flexibility index (Phi) is 5.86. The zero-order chi connectivity index (χ0) is 23.9. The number of carbonyl (C=O) groups is 3. The summed E-state index contributed by atoms with van der Waals surface area (Å²) in [6.07, 6.45) is 0.552. The van der Waals surface area contributed by atoms with Crippen molar-refractivity contribution in [2.24, 2.45) is 0 Å². The van der Waals surface area contributed by atoms with E-state index in [0.717, 1.165) is 4.90 Å². The SMILES string of the molecule is O=C(COC(=O)[C@@]12CCC(=O)N1c1ccccc1S2)N1CCN(S(=O)(=O)c2ccccc2)CC1. The van der Waals surface area contributed by atoms with Gasteiger partial charge >= 0.3 is 5.97 Å². The molecule has 0 unspecified atom stereocenters. The second-order valence-electron chi connectivity index (χ2n) is 8.26. The maximum atomic E-state index is 13.1. The van der Waals surface area contributed by atoms with Crippen molar-refractivity contribution < 1.29 is 27.5 Å². The van der Waals surface area contributed by atoms with Crippen LogP contribution in [0.5, 0.6) is 0 Å². The molecular weight excluding hydrogens is 478 g/mol. The molecule has 3 aliphatic rings. The molecule has 0 radical (unpaired) electrons. The number of hydrogen-bond acceptors (Lipinski definition) is 7. The summed E-state index contributed by atoms with van der Waals surface area (Å²) < 4.78 is 32.3. The van der Waals surface area contributed by atoms with E-state index in [1.54, 1.807) is 36.4 Å². The van der Waals surface area contributed by atoms with Gasteiger partial charge in [-0.15, -0.1) is 0 Å². The highest BCUT2D eigenvalue weighted by Crippen LogP contribution is 2.56. The number of hydrogen-bond donors (Lipinski definition) is 0. The number of nitrogens with zero attached hydrogens (tertiary/aromatic N) is 3. The number of amides is 2. The van der Waals surface area contributed by atoms with Gasteiger partial charge in [-0.2, -0.15) is 4.31 Å². The van der Waals surface area contributed by atoms with Crippen molar-refractivity contribution in [2.75, 3.05) is 37.7 Å². The third-order valence-corrected chi connectivity index (χ3v) is 9.66. The summed E-state index contributed by atoms with van der Waals surface area (Å²) in [5.41, 5.74) is 0.689. The highest BCUT2D eigenvalue weighted by molar-refractivity contribution is 8.02. The van der Waals surface area contributed by atoms with E-state index >= 15 is 0 Å². The Hall–Kier alpha value is -2.89. The van der Waals surface area contributed by atoms with Crippen LogP contribution in [0.25, 0.3) is 0 Å². The number of esters is 1. The molecule has 0 aliphatic carbocycles. The van der Waals surface area contributed by atoms with Crippen LogP contribution in [0, 0.1) is 0 Å². The molecule has 2 aromatic rings. The second kappa shape index (κ2) is 8.71. The Labute approximate surface area is 201 Å². The summed E-state index contributed by atoms with van der Waals surface area (Å²) in [7, 11) is -3.62. The number of benzene rings is 2. The van der Waals surface area contributed by atoms with Gasteiger partial charge in [0.05, 0.1) is 10.6 Å². The highest BCUT2D eigenvalue weighted by atomic mass is 32.2. The zero-order valence-corrected chi connectivity index (χ0v) is 19.9. The van der Waals surface area contributed by atoms with E-state index in [9.17, 15) is 22.8 Å². The van der Waals surface area contributed by atoms with E-state index in [1.165, 1.54) is 25.9 Å². The predicted octanol–water partition coefficient (Wildman–Crippen LogP) is 1.69. The molecule has 2 fully saturated rings. The van der Waals surface area contributed by atoms with Crippen LogP contribution < -0.4 is 4.90 Å². The number of anilines is 1. The van der Waals surface area contributed by atoms with E-state index in [4.69, 9.17) is 4.74 Å². The predicted molar refractivity (Wildman–Crippen MR) is 124 cm³/mol. The summed E-state index contributed by atoms with van der Waals surface area (Å²) in [5, 5.41) is 0. The minimum Gasteiger partial charge on any atom is -0.453 e. The lowest BCUT2D eigenvalue weighted by molar-refractivity contribution is -0.154. The standard InChI is InChI=1S/C23H23N3O6S2/c27-20-10-11-23(26(20)18-8-4-5-9-19(18)33-23)22(29)32-16-21(28)24-12-14-25(15-13-24)34(30,31)17-6-2-1-3-7-17/h1-9H,10-16H2/t23-/m0/s1. The number of para-hydroxylation sites is 1. The Bertz CT molecular complexity index is 1240. The van der Waals surface area contributed by atoms with Crippen molar-refractivity contribution in [3.8, 4) is 0 Å². The summed E-state index contributed by atoms with van der Waals surface area (Å²) in [5.74, 6) is -1.15. The molecular formula is C23H23N3O6S2. The Morgan fingerprint density at radius 2 is 1.65 bits per heavy atom.